The van der Waals surface area contributed by atoms with Crippen LogP contribution in [-0.4, -0.2) is 100 Å². The molecule has 1 rings (SSSR count). The first kappa shape index (κ1) is 84.4. The minimum absolute atomic E-state index is 0.0140. The zero-order chi connectivity index (χ0) is 64.4. The zero-order valence-electron chi connectivity index (χ0n) is 57.9. The number of nitrogens with one attached hydrogen (secondary N) is 1. The van der Waals surface area contributed by atoms with Crippen molar-refractivity contribution >= 4 is 11.9 Å². The largest absolute Gasteiger partial charge is 0.466 e. The maximum Gasteiger partial charge on any atom is 0.305 e. The van der Waals surface area contributed by atoms with Gasteiger partial charge in [0.15, 0.2) is 6.29 Å². The second kappa shape index (κ2) is 66.8. The van der Waals surface area contributed by atoms with Gasteiger partial charge in [0.1, 0.15) is 24.4 Å². The van der Waals surface area contributed by atoms with Gasteiger partial charge in [-0.25, -0.2) is 0 Å². The second-order valence-corrected chi connectivity index (χ2v) is 26.3. The van der Waals surface area contributed by atoms with E-state index < -0.39 is 49.5 Å². The fourth-order valence-electron chi connectivity index (χ4n) is 11.9. The van der Waals surface area contributed by atoms with E-state index in [0.29, 0.717) is 19.4 Å². The highest BCUT2D eigenvalue weighted by molar-refractivity contribution is 5.76. The lowest BCUT2D eigenvalue weighted by atomic mass is 9.99. The molecule has 0 saturated carbocycles. The van der Waals surface area contributed by atoms with Crippen molar-refractivity contribution in [1.82, 2.24) is 5.32 Å². The number of aliphatic hydroxyl groups excluding tert-OH is 5. The molecule has 7 atom stereocenters. The van der Waals surface area contributed by atoms with Crippen molar-refractivity contribution in [2.24, 2.45) is 0 Å². The van der Waals surface area contributed by atoms with Gasteiger partial charge in [-0.1, -0.05) is 325 Å². The normalized spacial score (nSPS) is 18.0. The van der Waals surface area contributed by atoms with Crippen LogP contribution in [0.25, 0.3) is 0 Å². The van der Waals surface area contributed by atoms with Gasteiger partial charge in [0, 0.05) is 12.8 Å². The summed E-state index contributed by atoms with van der Waals surface area (Å²) in [4.78, 5) is 25.1. The Morgan fingerprint density at radius 3 is 1.21 bits per heavy atom. The molecule has 1 aliphatic rings. The number of aliphatic hydroxyl groups is 5. The predicted molar refractivity (Wildman–Crippen MR) is 375 cm³/mol. The predicted octanol–water partition coefficient (Wildman–Crippen LogP) is 20.1. The third-order valence-corrected chi connectivity index (χ3v) is 17.8. The quantitative estimate of drug-likeness (QED) is 0.0195. The Kier molecular flexibility index (Phi) is 63.3. The number of ether oxygens (including phenoxy) is 3. The summed E-state index contributed by atoms with van der Waals surface area (Å²) in [6.07, 6.45) is 79.8. The number of amides is 1. The van der Waals surface area contributed by atoms with Gasteiger partial charge in [0.05, 0.1) is 32.0 Å². The van der Waals surface area contributed by atoms with Crippen molar-refractivity contribution < 1.29 is 49.3 Å². The van der Waals surface area contributed by atoms with E-state index in [9.17, 15) is 35.1 Å². The number of allylic oxidation sites excluding steroid dienone is 9. The summed E-state index contributed by atoms with van der Waals surface area (Å²) in [5.41, 5.74) is 0. The molecule has 1 heterocycles. The molecule has 1 saturated heterocycles. The van der Waals surface area contributed by atoms with Crippen LogP contribution in [0.4, 0.5) is 0 Å². The van der Waals surface area contributed by atoms with Crippen molar-refractivity contribution in [2.45, 2.75) is 403 Å². The molecule has 6 N–H and O–H groups in total. The second-order valence-electron chi connectivity index (χ2n) is 26.3. The molecule has 1 aliphatic heterocycles. The Balaban J connectivity index is 1.91. The van der Waals surface area contributed by atoms with E-state index in [4.69, 9.17) is 14.2 Å². The molecule has 520 valence electrons. The number of carbonyl (C=O) groups excluding carboxylic acids is 2. The summed E-state index contributed by atoms with van der Waals surface area (Å²) in [7, 11) is 0. The van der Waals surface area contributed by atoms with Crippen LogP contribution in [-0.2, 0) is 23.8 Å². The van der Waals surface area contributed by atoms with E-state index >= 15 is 0 Å². The van der Waals surface area contributed by atoms with E-state index in [-0.39, 0.29) is 18.5 Å². The molecule has 11 nitrogen and oxygen atoms in total. The highest BCUT2D eigenvalue weighted by Gasteiger charge is 2.44. The van der Waals surface area contributed by atoms with E-state index in [0.717, 1.165) is 77.0 Å². The van der Waals surface area contributed by atoms with Crippen LogP contribution in [0.2, 0.25) is 0 Å². The number of esters is 1. The first-order valence-corrected chi connectivity index (χ1v) is 38.1. The first-order valence-electron chi connectivity index (χ1n) is 38.1. The number of unbranched alkanes of at least 4 members (excludes halogenated alkanes) is 45. The number of hydrogen-bond acceptors (Lipinski definition) is 10. The molecule has 0 spiro atoms. The summed E-state index contributed by atoms with van der Waals surface area (Å²) >= 11 is 0. The average molecular weight is 1250 g/mol. The van der Waals surface area contributed by atoms with Crippen molar-refractivity contribution in [2.75, 3.05) is 19.8 Å². The maximum atomic E-state index is 13.0. The van der Waals surface area contributed by atoms with Gasteiger partial charge in [0.25, 0.3) is 0 Å². The summed E-state index contributed by atoms with van der Waals surface area (Å²) < 4.78 is 16.7. The summed E-state index contributed by atoms with van der Waals surface area (Å²) in [6.45, 7) is 4.28. The molecule has 0 aromatic rings. The van der Waals surface area contributed by atoms with Crippen molar-refractivity contribution in [3.8, 4) is 0 Å². The molecule has 1 amide bonds. The molecule has 7 unspecified atom stereocenters. The van der Waals surface area contributed by atoms with E-state index in [1.807, 2.05) is 6.08 Å². The van der Waals surface area contributed by atoms with E-state index in [1.165, 1.54) is 257 Å². The zero-order valence-corrected chi connectivity index (χ0v) is 57.9. The van der Waals surface area contributed by atoms with Gasteiger partial charge < -0.3 is 45.1 Å². The molecule has 0 bridgehead atoms. The monoisotopic (exact) mass is 1250 g/mol. The molecule has 0 aromatic heterocycles. The molecular formula is C78H143NO10. The number of rotatable bonds is 67. The summed E-state index contributed by atoms with van der Waals surface area (Å²) in [5, 5.41) is 54.4. The number of carbonyl (C=O) groups is 2. The Labute approximate surface area is 548 Å². The lowest BCUT2D eigenvalue weighted by molar-refractivity contribution is -0.302. The smallest absolute Gasteiger partial charge is 0.305 e. The van der Waals surface area contributed by atoms with Crippen LogP contribution in [0.3, 0.4) is 0 Å². The van der Waals surface area contributed by atoms with Crippen LogP contribution in [0.15, 0.2) is 60.8 Å². The summed E-state index contributed by atoms with van der Waals surface area (Å²) in [5.74, 6) is -0.180. The molecule has 11 heteroatoms. The molecule has 89 heavy (non-hydrogen) atoms. The van der Waals surface area contributed by atoms with Gasteiger partial charge in [-0.05, 0) is 83.5 Å². The van der Waals surface area contributed by atoms with Gasteiger partial charge in [-0.2, -0.15) is 0 Å². The van der Waals surface area contributed by atoms with Gasteiger partial charge in [-0.3, -0.25) is 9.59 Å². The van der Waals surface area contributed by atoms with Crippen LogP contribution in [0, 0.1) is 0 Å². The molecule has 0 aromatic carbocycles. The van der Waals surface area contributed by atoms with Gasteiger partial charge in [0.2, 0.25) is 5.91 Å². The highest BCUT2D eigenvalue weighted by atomic mass is 16.7. The van der Waals surface area contributed by atoms with Gasteiger partial charge >= 0.3 is 5.97 Å². The van der Waals surface area contributed by atoms with Crippen LogP contribution < -0.4 is 5.32 Å². The Bertz CT molecular complexity index is 1660. The molecular weight excluding hydrogens is 1110 g/mol. The molecule has 0 aliphatic carbocycles. The first-order chi connectivity index (χ1) is 43.7. The third-order valence-electron chi connectivity index (χ3n) is 17.8. The highest BCUT2D eigenvalue weighted by Crippen LogP contribution is 2.23. The summed E-state index contributed by atoms with van der Waals surface area (Å²) in [6, 6.07) is -0.832. The third kappa shape index (κ3) is 55.5. The maximum absolute atomic E-state index is 13.0. The van der Waals surface area contributed by atoms with Crippen LogP contribution >= 0.6 is 0 Å². The minimum Gasteiger partial charge on any atom is -0.466 e. The fraction of sp³-hybridized carbons (Fsp3) is 0.846. The van der Waals surface area contributed by atoms with Crippen LogP contribution in [0.1, 0.15) is 361 Å². The van der Waals surface area contributed by atoms with Gasteiger partial charge in [-0.15, -0.1) is 0 Å². The van der Waals surface area contributed by atoms with E-state index in [2.05, 4.69) is 67.8 Å². The van der Waals surface area contributed by atoms with E-state index in [1.54, 1.807) is 6.08 Å². The minimum atomic E-state index is -1.58. The van der Waals surface area contributed by atoms with Crippen molar-refractivity contribution in [1.29, 1.82) is 0 Å². The Morgan fingerprint density at radius 2 is 0.787 bits per heavy atom. The average Bonchev–Trinajstić information content (AvgIpc) is 2.32. The lowest BCUT2D eigenvalue weighted by Gasteiger charge is -2.40. The molecule has 0 radical (unpaired) electrons. The fourth-order valence-corrected chi connectivity index (χ4v) is 11.9. The lowest BCUT2D eigenvalue weighted by Crippen LogP contribution is -2.60. The number of hydrogen-bond donors (Lipinski definition) is 6. The topological polar surface area (TPSA) is 175 Å². The van der Waals surface area contributed by atoms with Crippen LogP contribution in [0.5, 0.6) is 0 Å². The SMILES string of the molecule is CCC/C=C/CC/C=C/CC/C=C/C(O)C(COC1OC(CO)C(O)C(O)C1O)NC(=O)CCCCCCCCCCCCCCCCCCC/C=C\C/C=C\CCCCCCCCCCCCCCCCCOC(=O)CCCCCCCCCCCCC. The Morgan fingerprint density at radius 1 is 0.416 bits per heavy atom. The molecule has 1 fully saturated rings. The van der Waals surface area contributed by atoms with Crippen molar-refractivity contribution in [3.63, 3.8) is 0 Å². The van der Waals surface area contributed by atoms with Crippen molar-refractivity contribution in [3.05, 3.63) is 60.8 Å². The Hall–Kier alpha value is -2.64. The standard InChI is InChI=1S/C78H143NO10/c1-3-5-7-9-11-13-44-48-52-56-60-64-71(81)70(69-88-78-77(86)76(85)75(84)72(68-80)89-78)79-73(82)65-61-57-53-49-46-42-40-38-36-34-32-30-28-26-24-22-20-18-16-15-17-19-21-23-25-27-29-31-33-35-37-39-41-43-47-51-55-59-63-67-87-74(83)66-62-58-54-50-45-14-12-10-8-6-4-2/h7,9,15-16,19,21,44,48,60,64,70-72,75-78,80-81,84-86H,3-6,8,10-14,17-18,20,22-43,45-47,49-59,61-63,65-69H2,1-2H3,(H,79,82)/b9-7+,16-15-,21-19-,48-44+,64-60+.